The Bertz CT molecular complexity index is 352. The summed E-state index contributed by atoms with van der Waals surface area (Å²) in [4.78, 5) is 4.58. The third-order valence-corrected chi connectivity index (χ3v) is 2.92. The zero-order valence-electron chi connectivity index (χ0n) is 12.7. The predicted molar refractivity (Wildman–Crippen MR) is 99.1 cm³/mol. The lowest BCUT2D eigenvalue weighted by Crippen LogP contribution is -2.38. The van der Waals surface area contributed by atoms with Crippen molar-refractivity contribution >= 4 is 29.9 Å². The molecule has 0 aromatic heterocycles. The first-order chi connectivity index (χ1) is 9.36. The highest BCUT2D eigenvalue weighted by Crippen LogP contribution is 1.98. The van der Waals surface area contributed by atoms with Gasteiger partial charge in [0.1, 0.15) is 0 Å². The van der Waals surface area contributed by atoms with Crippen LogP contribution in [0.15, 0.2) is 35.3 Å². The number of hydrogen-bond acceptors (Lipinski definition) is 1. The molecule has 1 aromatic rings. The Kier molecular flexibility index (Phi) is 12.7. The van der Waals surface area contributed by atoms with Gasteiger partial charge in [0.15, 0.2) is 5.96 Å². The Hall–Kier alpha value is -0.780. The summed E-state index contributed by atoms with van der Waals surface area (Å²) in [5.41, 5.74) is 1.36. The van der Waals surface area contributed by atoms with Crippen molar-refractivity contribution in [3.63, 3.8) is 0 Å². The topological polar surface area (TPSA) is 36.4 Å². The third kappa shape index (κ3) is 9.18. The van der Waals surface area contributed by atoms with Crippen molar-refractivity contribution in [3.8, 4) is 0 Å². The number of nitrogens with one attached hydrogen (secondary N) is 2. The molecule has 0 amide bonds. The largest absolute Gasteiger partial charge is 0.357 e. The summed E-state index contributed by atoms with van der Waals surface area (Å²) in [6.07, 6.45) is 4.70. The number of guanidine groups is 1. The van der Waals surface area contributed by atoms with Gasteiger partial charge in [-0.25, -0.2) is 0 Å². The van der Waals surface area contributed by atoms with Gasteiger partial charge in [-0.05, 0) is 25.3 Å². The van der Waals surface area contributed by atoms with Crippen LogP contribution >= 0.6 is 24.0 Å². The van der Waals surface area contributed by atoms with Crippen LogP contribution in [0.5, 0.6) is 0 Å². The van der Waals surface area contributed by atoms with E-state index in [4.69, 9.17) is 0 Å². The van der Waals surface area contributed by atoms with Gasteiger partial charge < -0.3 is 10.6 Å². The van der Waals surface area contributed by atoms with E-state index in [9.17, 15) is 0 Å². The van der Waals surface area contributed by atoms with Crippen LogP contribution in [-0.2, 0) is 6.42 Å². The van der Waals surface area contributed by atoms with Gasteiger partial charge in [-0.15, -0.1) is 24.0 Å². The summed E-state index contributed by atoms with van der Waals surface area (Å²) in [6.45, 7) is 7.05. The number of rotatable bonds is 8. The van der Waals surface area contributed by atoms with E-state index in [2.05, 4.69) is 59.8 Å². The Labute approximate surface area is 140 Å². The lowest BCUT2D eigenvalue weighted by molar-refractivity contribution is 0.716. The highest BCUT2D eigenvalue weighted by atomic mass is 127. The van der Waals surface area contributed by atoms with Crippen molar-refractivity contribution in [1.82, 2.24) is 10.6 Å². The molecule has 3 nitrogen and oxygen atoms in total. The van der Waals surface area contributed by atoms with Gasteiger partial charge in [0.05, 0.1) is 0 Å². The first kappa shape index (κ1) is 19.2. The van der Waals surface area contributed by atoms with E-state index in [-0.39, 0.29) is 24.0 Å². The van der Waals surface area contributed by atoms with E-state index < -0.39 is 0 Å². The first-order valence-corrected chi connectivity index (χ1v) is 7.43. The first-order valence-electron chi connectivity index (χ1n) is 7.43. The Morgan fingerprint density at radius 3 is 2.45 bits per heavy atom. The van der Waals surface area contributed by atoms with Crippen LogP contribution in [0.1, 0.15) is 38.7 Å². The molecule has 0 aliphatic carbocycles. The second kappa shape index (κ2) is 13.2. The molecule has 1 rings (SSSR count). The average molecular weight is 389 g/mol. The molecule has 20 heavy (non-hydrogen) atoms. The standard InChI is InChI=1S/C16H27N3.HI/c1-3-5-9-13-18-16(17-4-2)19-14-12-15-10-7-6-8-11-15;/h6-8,10-11H,3-5,9,12-14H2,1-2H3,(H2,17,18,19);1H. The Morgan fingerprint density at radius 2 is 1.80 bits per heavy atom. The second-order valence-corrected chi connectivity index (χ2v) is 4.63. The fourth-order valence-corrected chi connectivity index (χ4v) is 1.86. The lowest BCUT2D eigenvalue weighted by Gasteiger charge is -2.11. The second-order valence-electron chi connectivity index (χ2n) is 4.63. The minimum Gasteiger partial charge on any atom is -0.357 e. The quantitative estimate of drug-likeness (QED) is 0.309. The summed E-state index contributed by atoms with van der Waals surface area (Å²) >= 11 is 0. The summed E-state index contributed by atoms with van der Waals surface area (Å²) in [7, 11) is 0. The zero-order chi connectivity index (χ0) is 13.8. The van der Waals surface area contributed by atoms with Crippen LogP contribution in [0, 0.1) is 0 Å². The van der Waals surface area contributed by atoms with Crippen molar-refractivity contribution in [3.05, 3.63) is 35.9 Å². The molecule has 0 saturated carbocycles. The van der Waals surface area contributed by atoms with Crippen molar-refractivity contribution in [2.75, 3.05) is 19.6 Å². The van der Waals surface area contributed by atoms with Crippen molar-refractivity contribution in [2.45, 2.75) is 39.5 Å². The molecule has 0 spiro atoms. The van der Waals surface area contributed by atoms with E-state index in [0.717, 1.165) is 32.0 Å². The fraction of sp³-hybridized carbons (Fsp3) is 0.562. The summed E-state index contributed by atoms with van der Waals surface area (Å²) in [5.74, 6) is 0.939. The summed E-state index contributed by atoms with van der Waals surface area (Å²) in [5, 5.41) is 6.67. The third-order valence-electron chi connectivity index (χ3n) is 2.92. The van der Waals surface area contributed by atoms with E-state index in [1.54, 1.807) is 0 Å². The fourth-order valence-electron chi connectivity index (χ4n) is 1.86. The molecule has 0 atom stereocenters. The maximum Gasteiger partial charge on any atom is 0.191 e. The number of benzene rings is 1. The SMILES string of the molecule is CCCCCN=C(NCC)NCCc1ccccc1.I. The monoisotopic (exact) mass is 389 g/mol. The van der Waals surface area contributed by atoms with Crippen LogP contribution in [0.2, 0.25) is 0 Å². The molecule has 0 aliphatic heterocycles. The molecule has 0 bridgehead atoms. The molecular formula is C16H28IN3. The zero-order valence-corrected chi connectivity index (χ0v) is 15.0. The predicted octanol–water partition coefficient (Wildman–Crippen LogP) is 3.59. The molecule has 114 valence electrons. The van der Waals surface area contributed by atoms with Gasteiger partial charge in [0, 0.05) is 19.6 Å². The molecule has 0 fully saturated rings. The van der Waals surface area contributed by atoms with Crippen LogP contribution in [0.4, 0.5) is 0 Å². The molecular weight excluding hydrogens is 361 g/mol. The van der Waals surface area contributed by atoms with Crippen molar-refractivity contribution in [1.29, 1.82) is 0 Å². The number of aliphatic imine (C=N–C) groups is 1. The van der Waals surface area contributed by atoms with Gasteiger partial charge in [-0.2, -0.15) is 0 Å². The molecule has 0 aliphatic rings. The van der Waals surface area contributed by atoms with Gasteiger partial charge in [-0.3, -0.25) is 4.99 Å². The van der Waals surface area contributed by atoms with E-state index in [1.807, 2.05) is 0 Å². The minimum atomic E-state index is 0. The number of halogens is 1. The molecule has 0 radical (unpaired) electrons. The number of hydrogen-bond donors (Lipinski definition) is 2. The lowest BCUT2D eigenvalue weighted by atomic mass is 10.1. The van der Waals surface area contributed by atoms with Crippen LogP contribution in [0.25, 0.3) is 0 Å². The highest BCUT2D eigenvalue weighted by Gasteiger charge is 1.97. The Balaban J connectivity index is 0.00000361. The number of nitrogens with zero attached hydrogens (tertiary/aromatic N) is 1. The van der Waals surface area contributed by atoms with Crippen LogP contribution in [-0.4, -0.2) is 25.6 Å². The summed E-state index contributed by atoms with van der Waals surface area (Å²) in [6, 6.07) is 10.5. The van der Waals surface area contributed by atoms with Gasteiger partial charge in [0.2, 0.25) is 0 Å². The normalized spacial score (nSPS) is 10.8. The van der Waals surface area contributed by atoms with E-state index in [0.29, 0.717) is 0 Å². The molecule has 1 aromatic carbocycles. The van der Waals surface area contributed by atoms with Gasteiger partial charge in [0.25, 0.3) is 0 Å². The average Bonchev–Trinajstić information content (AvgIpc) is 2.44. The summed E-state index contributed by atoms with van der Waals surface area (Å²) < 4.78 is 0. The van der Waals surface area contributed by atoms with Gasteiger partial charge >= 0.3 is 0 Å². The Morgan fingerprint density at radius 1 is 1.05 bits per heavy atom. The minimum absolute atomic E-state index is 0. The molecule has 4 heteroatoms. The smallest absolute Gasteiger partial charge is 0.191 e. The molecule has 0 saturated heterocycles. The number of unbranched alkanes of at least 4 members (excludes halogenated alkanes) is 2. The van der Waals surface area contributed by atoms with Gasteiger partial charge in [-0.1, -0.05) is 50.1 Å². The van der Waals surface area contributed by atoms with E-state index in [1.165, 1.54) is 24.8 Å². The molecule has 0 unspecified atom stereocenters. The van der Waals surface area contributed by atoms with Crippen molar-refractivity contribution in [2.24, 2.45) is 4.99 Å². The molecule has 0 heterocycles. The highest BCUT2D eigenvalue weighted by molar-refractivity contribution is 14.0. The molecule has 2 N–H and O–H groups in total. The maximum atomic E-state index is 4.58. The van der Waals surface area contributed by atoms with Crippen LogP contribution < -0.4 is 10.6 Å². The maximum absolute atomic E-state index is 4.58. The van der Waals surface area contributed by atoms with Crippen LogP contribution in [0.3, 0.4) is 0 Å². The van der Waals surface area contributed by atoms with E-state index >= 15 is 0 Å². The van der Waals surface area contributed by atoms with Crippen molar-refractivity contribution < 1.29 is 0 Å².